The fourth-order valence-electron chi connectivity index (χ4n) is 2.19. The van der Waals surface area contributed by atoms with Crippen LogP contribution < -0.4 is 15.4 Å². The molecule has 0 bridgehead atoms. The van der Waals surface area contributed by atoms with E-state index in [-0.39, 0.29) is 5.91 Å². The third-order valence-electron chi connectivity index (χ3n) is 3.44. The number of amides is 1. The van der Waals surface area contributed by atoms with Gasteiger partial charge in [-0.3, -0.25) is 9.78 Å². The molecule has 0 fully saturated rings. The summed E-state index contributed by atoms with van der Waals surface area (Å²) in [6.07, 6.45) is 4.30. The number of methoxy groups -OCH3 is 1. The summed E-state index contributed by atoms with van der Waals surface area (Å²) in [7, 11) is 5.69. The van der Waals surface area contributed by atoms with Crippen molar-refractivity contribution in [1.29, 1.82) is 0 Å². The van der Waals surface area contributed by atoms with Crippen LogP contribution in [0.2, 0.25) is 0 Å². The maximum atomic E-state index is 12.4. The largest absolute Gasteiger partial charge is 0.497 e. The Labute approximate surface area is 142 Å². The van der Waals surface area contributed by atoms with Crippen LogP contribution in [0.1, 0.15) is 16.8 Å². The molecule has 0 radical (unpaired) electrons. The van der Waals surface area contributed by atoms with Crippen molar-refractivity contribution in [1.82, 2.24) is 9.88 Å². The van der Waals surface area contributed by atoms with E-state index in [2.05, 4.69) is 20.5 Å². The quantitative estimate of drug-likeness (QED) is 0.729. The van der Waals surface area contributed by atoms with Crippen molar-refractivity contribution in [3.05, 3.63) is 48.3 Å². The minimum Gasteiger partial charge on any atom is -0.497 e. The van der Waals surface area contributed by atoms with Gasteiger partial charge in [0.15, 0.2) is 0 Å². The van der Waals surface area contributed by atoms with Crippen LogP contribution >= 0.6 is 0 Å². The second-order valence-electron chi connectivity index (χ2n) is 5.73. The smallest absolute Gasteiger partial charge is 0.257 e. The molecule has 0 saturated heterocycles. The Balaban J connectivity index is 1.95. The van der Waals surface area contributed by atoms with Gasteiger partial charge in [-0.2, -0.15) is 0 Å². The van der Waals surface area contributed by atoms with E-state index in [4.69, 9.17) is 4.74 Å². The molecule has 6 nitrogen and oxygen atoms in total. The van der Waals surface area contributed by atoms with E-state index in [0.29, 0.717) is 17.0 Å². The highest BCUT2D eigenvalue weighted by atomic mass is 16.5. The third kappa shape index (κ3) is 5.55. The monoisotopic (exact) mass is 328 g/mol. The lowest BCUT2D eigenvalue weighted by atomic mass is 10.2. The number of ether oxygens (including phenoxy) is 1. The summed E-state index contributed by atoms with van der Waals surface area (Å²) in [6, 6.07) is 9.05. The minimum atomic E-state index is -0.201. The molecule has 2 rings (SSSR count). The Kier molecular flexibility index (Phi) is 6.57. The highest BCUT2D eigenvalue weighted by molar-refractivity contribution is 6.04. The number of carbonyl (C=O) groups is 1. The molecule has 0 saturated carbocycles. The molecule has 1 amide bonds. The predicted octanol–water partition coefficient (Wildman–Crippen LogP) is 2.71. The van der Waals surface area contributed by atoms with Crippen molar-refractivity contribution in [3.8, 4) is 5.75 Å². The SMILES string of the molecule is COc1cccc(NC(=O)c2cncc(NCCCN(C)C)c2)c1. The number of rotatable bonds is 8. The van der Waals surface area contributed by atoms with Crippen molar-refractivity contribution in [2.24, 2.45) is 0 Å². The highest BCUT2D eigenvalue weighted by Crippen LogP contribution is 2.18. The molecular weight excluding hydrogens is 304 g/mol. The van der Waals surface area contributed by atoms with Gasteiger partial charge >= 0.3 is 0 Å². The molecule has 2 aromatic rings. The number of aromatic nitrogens is 1. The van der Waals surface area contributed by atoms with Crippen LogP contribution in [0.25, 0.3) is 0 Å². The Morgan fingerprint density at radius 1 is 1.21 bits per heavy atom. The zero-order valence-corrected chi connectivity index (χ0v) is 14.4. The van der Waals surface area contributed by atoms with Crippen molar-refractivity contribution in [2.45, 2.75) is 6.42 Å². The van der Waals surface area contributed by atoms with E-state index in [9.17, 15) is 4.79 Å². The molecule has 0 aliphatic heterocycles. The summed E-state index contributed by atoms with van der Waals surface area (Å²) in [5.74, 6) is 0.495. The first kappa shape index (κ1) is 17.7. The number of hydrogen-bond donors (Lipinski definition) is 2. The van der Waals surface area contributed by atoms with Gasteiger partial charge in [-0.1, -0.05) is 6.07 Å². The number of pyridine rings is 1. The van der Waals surface area contributed by atoms with E-state index >= 15 is 0 Å². The molecule has 0 atom stereocenters. The van der Waals surface area contributed by atoms with Gasteiger partial charge in [-0.25, -0.2) is 0 Å². The molecule has 1 aromatic heterocycles. The van der Waals surface area contributed by atoms with Crippen LogP contribution in [0.3, 0.4) is 0 Å². The zero-order chi connectivity index (χ0) is 17.4. The number of benzene rings is 1. The zero-order valence-electron chi connectivity index (χ0n) is 14.4. The Morgan fingerprint density at radius 3 is 2.79 bits per heavy atom. The minimum absolute atomic E-state index is 0.201. The normalized spacial score (nSPS) is 10.5. The average Bonchev–Trinajstić information content (AvgIpc) is 2.59. The van der Waals surface area contributed by atoms with Crippen LogP contribution in [0.15, 0.2) is 42.7 Å². The van der Waals surface area contributed by atoms with E-state index in [1.54, 1.807) is 31.6 Å². The first-order chi connectivity index (χ1) is 11.6. The highest BCUT2D eigenvalue weighted by Gasteiger charge is 2.08. The summed E-state index contributed by atoms with van der Waals surface area (Å²) in [5.41, 5.74) is 2.03. The molecule has 0 aliphatic rings. The van der Waals surface area contributed by atoms with Crippen molar-refractivity contribution in [2.75, 3.05) is 44.9 Å². The molecule has 0 spiro atoms. The van der Waals surface area contributed by atoms with Crippen molar-refractivity contribution >= 4 is 17.3 Å². The van der Waals surface area contributed by atoms with E-state index in [1.807, 2.05) is 32.3 Å². The Morgan fingerprint density at radius 2 is 2.04 bits per heavy atom. The summed E-state index contributed by atoms with van der Waals surface area (Å²) < 4.78 is 5.16. The second kappa shape index (κ2) is 8.88. The van der Waals surface area contributed by atoms with Gasteiger partial charge in [0.2, 0.25) is 0 Å². The molecule has 0 aliphatic carbocycles. The van der Waals surface area contributed by atoms with Gasteiger partial charge < -0.3 is 20.3 Å². The maximum absolute atomic E-state index is 12.4. The van der Waals surface area contributed by atoms with Crippen molar-refractivity contribution in [3.63, 3.8) is 0 Å². The number of nitrogens with zero attached hydrogens (tertiary/aromatic N) is 2. The van der Waals surface area contributed by atoms with Gasteiger partial charge in [-0.15, -0.1) is 0 Å². The van der Waals surface area contributed by atoms with Crippen molar-refractivity contribution < 1.29 is 9.53 Å². The molecule has 6 heteroatoms. The summed E-state index contributed by atoms with van der Waals surface area (Å²) in [6.45, 7) is 1.84. The molecule has 24 heavy (non-hydrogen) atoms. The average molecular weight is 328 g/mol. The summed E-state index contributed by atoms with van der Waals surface area (Å²) in [4.78, 5) is 18.6. The van der Waals surface area contributed by atoms with Gasteiger partial charge in [0.1, 0.15) is 5.75 Å². The Hall–Kier alpha value is -2.60. The van der Waals surface area contributed by atoms with Gasteiger partial charge in [0, 0.05) is 30.7 Å². The molecule has 1 heterocycles. The fraction of sp³-hybridized carbons (Fsp3) is 0.333. The molecular formula is C18H24N4O2. The van der Waals surface area contributed by atoms with Gasteiger partial charge in [0.05, 0.1) is 18.4 Å². The Bertz CT molecular complexity index is 674. The number of hydrogen-bond acceptors (Lipinski definition) is 5. The standard InChI is InChI=1S/C18H24N4O2/c1-22(2)9-5-8-20-16-10-14(12-19-13-16)18(23)21-15-6-4-7-17(11-15)24-3/h4,6-7,10-13,20H,5,8-9H2,1-3H3,(H,21,23). The van der Waals surface area contributed by atoms with E-state index < -0.39 is 0 Å². The molecule has 128 valence electrons. The van der Waals surface area contributed by atoms with Crippen LogP contribution in [-0.2, 0) is 0 Å². The molecule has 1 aromatic carbocycles. The summed E-state index contributed by atoms with van der Waals surface area (Å²) in [5, 5.41) is 6.14. The number of carbonyl (C=O) groups excluding carboxylic acids is 1. The lowest BCUT2D eigenvalue weighted by molar-refractivity contribution is 0.102. The van der Waals surface area contributed by atoms with E-state index in [1.165, 1.54) is 0 Å². The topological polar surface area (TPSA) is 66.5 Å². The van der Waals surface area contributed by atoms with Crippen LogP contribution in [0.5, 0.6) is 5.75 Å². The van der Waals surface area contributed by atoms with Crippen LogP contribution in [0.4, 0.5) is 11.4 Å². The first-order valence-electron chi connectivity index (χ1n) is 7.87. The van der Waals surface area contributed by atoms with E-state index in [0.717, 1.165) is 25.2 Å². The fourth-order valence-corrected chi connectivity index (χ4v) is 2.19. The molecule has 2 N–H and O–H groups in total. The summed E-state index contributed by atoms with van der Waals surface area (Å²) >= 11 is 0. The van der Waals surface area contributed by atoms with Gasteiger partial charge in [0.25, 0.3) is 5.91 Å². The lowest BCUT2D eigenvalue weighted by Gasteiger charge is -2.11. The number of nitrogens with one attached hydrogen (secondary N) is 2. The number of anilines is 2. The second-order valence-corrected chi connectivity index (χ2v) is 5.73. The van der Waals surface area contributed by atoms with Crippen LogP contribution in [-0.4, -0.2) is 50.1 Å². The van der Waals surface area contributed by atoms with Crippen LogP contribution in [0, 0.1) is 0 Å². The lowest BCUT2D eigenvalue weighted by Crippen LogP contribution is -2.17. The van der Waals surface area contributed by atoms with Gasteiger partial charge in [-0.05, 0) is 45.3 Å². The first-order valence-corrected chi connectivity index (χ1v) is 7.87. The third-order valence-corrected chi connectivity index (χ3v) is 3.44. The molecule has 0 unspecified atom stereocenters. The predicted molar refractivity (Wildman–Crippen MR) is 96.8 cm³/mol. The maximum Gasteiger partial charge on any atom is 0.257 e.